The molecule has 0 spiro atoms. The van der Waals surface area contributed by atoms with Gasteiger partial charge in [-0.3, -0.25) is 0 Å². The molecular formula is C55H37N3OSi. The summed E-state index contributed by atoms with van der Waals surface area (Å²) in [6.07, 6.45) is 0. The molecule has 0 aliphatic heterocycles. The smallest absolute Gasteiger partial charge is 0.179 e. The van der Waals surface area contributed by atoms with Gasteiger partial charge in [0.15, 0.2) is 25.5 Å². The Kier molecular flexibility index (Phi) is 8.79. The molecule has 60 heavy (non-hydrogen) atoms. The zero-order valence-corrected chi connectivity index (χ0v) is 33.6. The van der Waals surface area contributed by atoms with Gasteiger partial charge in [-0.05, 0) is 54.8 Å². The van der Waals surface area contributed by atoms with E-state index in [1.165, 1.54) is 20.7 Å². The molecular weight excluding hydrogens is 747 g/mol. The molecule has 2 aromatic heterocycles. The van der Waals surface area contributed by atoms with E-state index in [-0.39, 0.29) is 0 Å². The molecule has 4 nitrogen and oxygen atoms in total. The lowest BCUT2D eigenvalue weighted by Gasteiger charge is -2.34. The summed E-state index contributed by atoms with van der Waals surface area (Å²) in [5, 5.41) is 9.58. The fourth-order valence-electron chi connectivity index (χ4n) is 9.04. The molecule has 11 rings (SSSR count). The van der Waals surface area contributed by atoms with Crippen LogP contribution in [0.5, 0.6) is 0 Å². The Labute approximate surface area is 349 Å². The number of benzene rings is 9. The Morgan fingerprint density at radius 3 is 1.40 bits per heavy atom. The monoisotopic (exact) mass is 783 g/mol. The normalized spacial score (nSPS) is 11.7. The minimum Gasteiger partial charge on any atom is -0.456 e. The fraction of sp³-hybridized carbons (Fsp3) is 0. The summed E-state index contributed by atoms with van der Waals surface area (Å²) in [4.78, 5) is 15.8. The number of fused-ring (bicyclic) bond motifs is 4. The highest BCUT2D eigenvalue weighted by Crippen LogP contribution is 2.41. The molecule has 282 valence electrons. The summed E-state index contributed by atoms with van der Waals surface area (Å²) in [5.41, 5.74) is 6.82. The lowest BCUT2D eigenvalue weighted by Crippen LogP contribution is -2.74. The minimum absolute atomic E-state index is 0.622. The molecule has 11 aromatic rings. The molecule has 0 N–H and O–H groups in total. The van der Waals surface area contributed by atoms with Crippen LogP contribution in [0, 0.1) is 0 Å². The fourth-order valence-corrected chi connectivity index (χ4v) is 13.8. The van der Waals surface area contributed by atoms with Crippen LogP contribution in [-0.4, -0.2) is 23.0 Å². The van der Waals surface area contributed by atoms with Crippen LogP contribution in [0.1, 0.15) is 0 Å². The number of hydrogen-bond acceptors (Lipinski definition) is 4. The SMILES string of the molecule is c1ccc(-c2nc(-c3cccc([Si](c4ccccc4)(c4ccccc4)c4ccccc4)c3)nc(-c3cccc4c(-c5cccc6oc7ccccc7c56)cccc34)n2)cc1. The lowest BCUT2D eigenvalue weighted by atomic mass is 9.93. The first-order valence-corrected chi connectivity index (χ1v) is 22.3. The van der Waals surface area contributed by atoms with E-state index in [2.05, 4.69) is 188 Å². The van der Waals surface area contributed by atoms with Gasteiger partial charge >= 0.3 is 0 Å². The van der Waals surface area contributed by atoms with Crippen molar-refractivity contribution in [2.75, 3.05) is 0 Å². The van der Waals surface area contributed by atoms with Crippen molar-refractivity contribution in [2.24, 2.45) is 0 Å². The van der Waals surface area contributed by atoms with Gasteiger partial charge in [0.05, 0.1) is 0 Å². The van der Waals surface area contributed by atoms with Gasteiger partial charge < -0.3 is 4.42 Å². The van der Waals surface area contributed by atoms with Gasteiger partial charge in [-0.25, -0.2) is 15.0 Å². The molecule has 0 amide bonds. The van der Waals surface area contributed by atoms with Crippen LogP contribution in [0.15, 0.2) is 229 Å². The average Bonchev–Trinajstić information content (AvgIpc) is 3.72. The molecule has 0 aliphatic carbocycles. The third kappa shape index (κ3) is 5.94. The van der Waals surface area contributed by atoms with Crippen LogP contribution in [0.25, 0.3) is 78.0 Å². The lowest BCUT2D eigenvalue weighted by molar-refractivity contribution is 0.669. The van der Waals surface area contributed by atoms with Crippen LogP contribution >= 0.6 is 0 Å². The molecule has 0 saturated heterocycles. The van der Waals surface area contributed by atoms with Crippen LogP contribution in [0.2, 0.25) is 0 Å². The third-order valence-electron chi connectivity index (χ3n) is 11.7. The maximum Gasteiger partial charge on any atom is 0.179 e. The van der Waals surface area contributed by atoms with Gasteiger partial charge in [-0.1, -0.05) is 212 Å². The summed E-state index contributed by atoms with van der Waals surface area (Å²) in [6.45, 7) is 0. The van der Waals surface area contributed by atoms with Crippen molar-refractivity contribution in [3.63, 3.8) is 0 Å². The Morgan fingerprint density at radius 2 is 0.733 bits per heavy atom. The molecule has 0 bridgehead atoms. The Balaban J connectivity index is 1.13. The van der Waals surface area contributed by atoms with E-state index in [4.69, 9.17) is 19.4 Å². The molecule has 0 radical (unpaired) electrons. The molecule has 2 heterocycles. The standard InChI is InChI=1S/C55H37N3OSi/c1-5-19-38(20-6-1)53-56-54(39-21-15-28-43(37-39)60(40-22-7-2-8-23-40,41-24-9-3-10-25-41)42-26-11-4-12-27-42)58-55(57-53)48-34-17-30-44-45(31-16-32-46(44)48)47-33-18-36-51-52(47)49-29-13-14-35-50(49)59-51/h1-37H. The predicted octanol–water partition coefficient (Wildman–Crippen LogP) is 11.0. The molecule has 0 aliphatic rings. The van der Waals surface area contributed by atoms with E-state index >= 15 is 0 Å². The topological polar surface area (TPSA) is 51.8 Å². The van der Waals surface area contributed by atoms with E-state index in [9.17, 15) is 0 Å². The molecule has 0 unspecified atom stereocenters. The second-order valence-corrected chi connectivity index (χ2v) is 18.9. The van der Waals surface area contributed by atoms with E-state index in [1.54, 1.807) is 0 Å². The Bertz CT molecular complexity index is 3220. The number of hydrogen-bond donors (Lipinski definition) is 0. The highest BCUT2D eigenvalue weighted by molar-refractivity contribution is 7.19. The maximum absolute atomic E-state index is 6.31. The van der Waals surface area contributed by atoms with Crippen molar-refractivity contribution in [3.05, 3.63) is 224 Å². The van der Waals surface area contributed by atoms with Gasteiger partial charge in [0, 0.05) is 27.5 Å². The van der Waals surface area contributed by atoms with Crippen molar-refractivity contribution >= 4 is 61.5 Å². The zero-order valence-electron chi connectivity index (χ0n) is 32.6. The van der Waals surface area contributed by atoms with Crippen LogP contribution in [0.3, 0.4) is 0 Å². The van der Waals surface area contributed by atoms with Crippen molar-refractivity contribution in [1.82, 2.24) is 15.0 Å². The van der Waals surface area contributed by atoms with Gasteiger partial charge in [0.2, 0.25) is 0 Å². The van der Waals surface area contributed by atoms with Crippen molar-refractivity contribution in [3.8, 4) is 45.3 Å². The summed E-state index contributed by atoms with van der Waals surface area (Å²) >= 11 is 0. The van der Waals surface area contributed by atoms with Gasteiger partial charge in [0.25, 0.3) is 0 Å². The average molecular weight is 784 g/mol. The largest absolute Gasteiger partial charge is 0.456 e. The first-order chi connectivity index (χ1) is 29.8. The highest BCUT2D eigenvalue weighted by Gasteiger charge is 2.41. The summed E-state index contributed by atoms with van der Waals surface area (Å²) in [5.74, 6) is 1.87. The summed E-state index contributed by atoms with van der Waals surface area (Å²) < 4.78 is 6.31. The molecule has 0 fully saturated rings. The number of rotatable bonds is 8. The van der Waals surface area contributed by atoms with Crippen molar-refractivity contribution < 1.29 is 4.42 Å². The highest BCUT2D eigenvalue weighted by atomic mass is 28.3. The molecule has 0 atom stereocenters. The summed E-state index contributed by atoms with van der Waals surface area (Å²) in [6, 6.07) is 79.6. The van der Waals surface area contributed by atoms with Crippen LogP contribution in [-0.2, 0) is 0 Å². The van der Waals surface area contributed by atoms with E-state index in [0.29, 0.717) is 17.5 Å². The maximum atomic E-state index is 6.31. The summed E-state index contributed by atoms with van der Waals surface area (Å²) in [7, 11) is -2.80. The van der Waals surface area contributed by atoms with Crippen LogP contribution < -0.4 is 20.7 Å². The van der Waals surface area contributed by atoms with E-state index < -0.39 is 8.07 Å². The van der Waals surface area contributed by atoms with Crippen molar-refractivity contribution in [1.29, 1.82) is 0 Å². The molecule has 9 aromatic carbocycles. The number of furan rings is 1. The Hall–Kier alpha value is -7.73. The molecule has 5 heteroatoms. The second kappa shape index (κ2) is 14.9. The molecule has 0 saturated carbocycles. The third-order valence-corrected chi connectivity index (χ3v) is 16.5. The minimum atomic E-state index is -2.80. The number of aromatic nitrogens is 3. The quantitative estimate of drug-likeness (QED) is 0.114. The van der Waals surface area contributed by atoms with E-state index in [0.717, 1.165) is 60.5 Å². The number of nitrogens with zero attached hydrogens (tertiary/aromatic N) is 3. The van der Waals surface area contributed by atoms with Crippen LogP contribution in [0.4, 0.5) is 0 Å². The predicted molar refractivity (Wildman–Crippen MR) is 250 cm³/mol. The number of para-hydroxylation sites is 1. The van der Waals surface area contributed by atoms with Crippen molar-refractivity contribution in [2.45, 2.75) is 0 Å². The second-order valence-electron chi connectivity index (χ2n) is 15.1. The Morgan fingerprint density at radius 1 is 0.300 bits per heavy atom. The zero-order chi connectivity index (χ0) is 39.9. The first-order valence-electron chi connectivity index (χ1n) is 20.3. The van der Waals surface area contributed by atoms with Gasteiger partial charge in [-0.15, -0.1) is 0 Å². The first kappa shape index (κ1) is 35.4. The van der Waals surface area contributed by atoms with Gasteiger partial charge in [-0.2, -0.15) is 0 Å². The van der Waals surface area contributed by atoms with Gasteiger partial charge in [0.1, 0.15) is 11.2 Å². The van der Waals surface area contributed by atoms with E-state index in [1.807, 2.05) is 36.4 Å².